The van der Waals surface area contributed by atoms with Crippen molar-refractivity contribution in [1.29, 1.82) is 0 Å². The van der Waals surface area contributed by atoms with Gasteiger partial charge in [-0.1, -0.05) is 36.0 Å². The van der Waals surface area contributed by atoms with Crippen LogP contribution in [0.5, 0.6) is 0 Å². The summed E-state index contributed by atoms with van der Waals surface area (Å²) in [6.07, 6.45) is 0.0125. The molecule has 0 saturated heterocycles. The van der Waals surface area contributed by atoms with Gasteiger partial charge in [-0.3, -0.25) is 19.0 Å². The van der Waals surface area contributed by atoms with Gasteiger partial charge < -0.3 is 9.64 Å². The number of esters is 1. The van der Waals surface area contributed by atoms with Gasteiger partial charge in [-0.2, -0.15) is 0 Å². The normalized spacial score (nSPS) is 10.8. The number of rotatable bonds is 9. The van der Waals surface area contributed by atoms with E-state index < -0.39 is 5.97 Å². The second kappa shape index (κ2) is 10.9. The molecule has 7 nitrogen and oxygen atoms in total. The number of hydrogen-bond donors (Lipinski definition) is 0. The highest BCUT2D eigenvalue weighted by atomic mass is 32.2. The highest BCUT2D eigenvalue weighted by Gasteiger charge is 2.17. The van der Waals surface area contributed by atoms with Gasteiger partial charge in [-0.25, -0.2) is 9.37 Å². The van der Waals surface area contributed by atoms with E-state index in [0.717, 1.165) is 11.8 Å². The van der Waals surface area contributed by atoms with E-state index in [0.29, 0.717) is 28.2 Å². The molecule has 1 amide bonds. The summed E-state index contributed by atoms with van der Waals surface area (Å²) < 4.78 is 19.6. The first-order valence-electron chi connectivity index (χ1n) is 10.1. The number of nitrogens with zero attached hydrogens (tertiary/aromatic N) is 3. The lowest BCUT2D eigenvalue weighted by Crippen LogP contribution is -2.32. The van der Waals surface area contributed by atoms with Crippen LogP contribution >= 0.6 is 11.8 Å². The Morgan fingerprint density at radius 2 is 1.97 bits per heavy atom. The Labute approximate surface area is 189 Å². The first kappa shape index (κ1) is 23.5. The number of methoxy groups -OCH3 is 1. The maximum atomic E-state index is 13.5. The molecule has 168 valence electrons. The van der Waals surface area contributed by atoms with Gasteiger partial charge in [0, 0.05) is 19.6 Å². The SMILES string of the molecule is CCN(Cc1cccc(F)c1)C(=O)CSc1nc2ccccc2c(=O)n1CCC(=O)OC. The zero-order chi connectivity index (χ0) is 23.1. The molecule has 0 unspecified atom stereocenters. The van der Waals surface area contributed by atoms with E-state index in [2.05, 4.69) is 9.72 Å². The lowest BCUT2D eigenvalue weighted by Gasteiger charge is -2.21. The summed E-state index contributed by atoms with van der Waals surface area (Å²) in [5.74, 6) is -0.907. The zero-order valence-electron chi connectivity index (χ0n) is 17.9. The number of hydrogen-bond acceptors (Lipinski definition) is 6. The second-order valence-corrected chi connectivity index (χ2v) is 7.96. The lowest BCUT2D eigenvalue weighted by molar-refractivity contribution is -0.140. The molecular formula is C23H24FN3O4S. The number of carbonyl (C=O) groups is 2. The maximum absolute atomic E-state index is 13.5. The fourth-order valence-electron chi connectivity index (χ4n) is 3.21. The van der Waals surface area contributed by atoms with Crippen molar-refractivity contribution in [2.45, 2.75) is 31.6 Å². The molecule has 0 atom stereocenters. The molecule has 0 aliphatic heterocycles. The third kappa shape index (κ3) is 5.73. The quantitative estimate of drug-likeness (QED) is 0.279. The predicted octanol–water partition coefficient (Wildman–Crippen LogP) is 3.24. The summed E-state index contributed by atoms with van der Waals surface area (Å²) >= 11 is 1.14. The third-order valence-electron chi connectivity index (χ3n) is 4.92. The Kier molecular flexibility index (Phi) is 7.99. The van der Waals surface area contributed by atoms with Gasteiger partial charge in [0.1, 0.15) is 5.82 Å². The minimum Gasteiger partial charge on any atom is -0.469 e. The molecule has 9 heteroatoms. The molecule has 0 radical (unpaired) electrons. The van der Waals surface area contributed by atoms with Crippen LogP contribution in [0, 0.1) is 5.82 Å². The van der Waals surface area contributed by atoms with E-state index in [-0.39, 0.29) is 42.5 Å². The Hall–Kier alpha value is -3.20. The number of para-hydroxylation sites is 1. The molecular weight excluding hydrogens is 433 g/mol. The largest absolute Gasteiger partial charge is 0.469 e. The monoisotopic (exact) mass is 457 g/mol. The minimum atomic E-state index is -0.440. The Morgan fingerprint density at radius 1 is 1.19 bits per heavy atom. The summed E-state index contributed by atoms with van der Waals surface area (Å²) in [4.78, 5) is 43.6. The van der Waals surface area contributed by atoms with Crippen molar-refractivity contribution in [2.24, 2.45) is 0 Å². The fourth-order valence-corrected chi connectivity index (χ4v) is 4.14. The number of aromatic nitrogens is 2. The first-order valence-corrected chi connectivity index (χ1v) is 11.1. The summed E-state index contributed by atoms with van der Waals surface area (Å²) in [6, 6.07) is 13.1. The van der Waals surface area contributed by atoms with Gasteiger partial charge >= 0.3 is 5.97 Å². The Morgan fingerprint density at radius 3 is 2.69 bits per heavy atom. The molecule has 0 N–H and O–H groups in total. The molecule has 0 fully saturated rings. The number of amides is 1. The van der Waals surface area contributed by atoms with Crippen LogP contribution in [-0.4, -0.2) is 45.7 Å². The van der Waals surface area contributed by atoms with Crippen molar-refractivity contribution in [3.63, 3.8) is 0 Å². The van der Waals surface area contributed by atoms with Gasteiger partial charge in [0.15, 0.2) is 5.16 Å². The van der Waals surface area contributed by atoms with E-state index in [1.165, 1.54) is 23.8 Å². The molecule has 2 aromatic carbocycles. The van der Waals surface area contributed by atoms with Crippen LogP contribution in [0.4, 0.5) is 4.39 Å². The zero-order valence-corrected chi connectivity index (χ0v) is 18.7. The van der Waals surface area contributed by atoms with Gasteiger partial charge in [0.05, 0.1) is 30.2 Å². The minimum absolute atomic E-state index is 0.0125. The molecule has 0 saturated carbocycles. The van der Waals surface area contributed by atoms with Crippen LogP contribution in [0.2, 0.25) is 0 Å². The van der Waals surface area contributed by atoms with Crippen molar-refractivity contribution in [1.82, 2.24) is 14.5 Å². The van der Waals surface area contributed by atoms with Crippen molar-refractivity contribution < 1.29 is 18.7 Å². The third-order valence-corrected chi connectivity index (χ3v) is 5.88. The second-order valence-electron chi connectivity index (χ2n) is 7.02. The molecule has 0 spiro atoms. The topological polar surface area (TPSA) is 81.5 Å². The van der Waals surface area contributed by atoms with Gasteiger partial charge in [0.2, 0.25) is 5.91 Å². The molecule has 1 heterocycles. The van der Waals surface area contributed by atoms with E-state index >= 15 is 0 Å². The van der Waals surface area contributed by atoms with Gasteiger partial charge in [0.25, 0.3) is 5.56 Å². The fraction of sp³-hybridized carbons (Fsp3) is 0.304. The number of benzene rings is 2. The number of carbonyl (C=O) groups excluding carboxylic acids is 2. The summed E-state index contributed by atoms with van der Waals surface area (Å²) in [6.45, 7) is 2.69. The molecule has 0 bridgehead atoms. The summed E-state index contributed by atoms with van der Waals surface area (Å²) in [7, 11) is 1.29. The van der Waals surface area contributed by atoms with Crippen LogP contribution in [-0.2, 0) is 27.4 Å². The van der Waals surface area contributed by atoms with Crippen LogP contribution in [0.25, 0.3) is 10.9 Å². The summed E-state index contributed by atoms with van der Waals surface area (Å²) in [5.41, 5.74) is 0.944. The van der Waals surface area contributed by atoms with Gasteiger partial charge in [-0.15, -0.1) is 0 Å². The number of fused-ring (bicyclic) bond motifs is 1. The Balaban J connectivity index is 1.80. The van der Waals surface area contributed by atoms with Crippen LogP contribution in [0.1, 0.15) is 18.9 Å². The molecule has 0 aliphatic carbocycles. The van der Waals surface area contributed by atoms with E-state index in [1.54, 1.807) is 41.3 Å². The van der Waals surface area contributed by atoms with E-state index in [4.69, 9.17) is 0 Å². The standard InChI is InChI=1S/C23H24FN3O4S/c1-3-26(14-16-7-6-8-17(24)13-16)20(28)15-32-23-25-19-10-5-4-9-18(19)22(30)27(23)12-11-21(29)31-2/h4-10,13H,3,11-12,14-15H2,1-2H3. The highest BCUT2D eigenvalue weighted by molar-refractivity contribution is 7.99. The average Bonchev–Trinajstić information content (AvgIpc) is 2.80. The first-order chi connectivity index (χ1) is 15.4. The molecule has 3 aromatic rings. The van der Waals surface area contributed by atoms with Crippen molar-refractivity contribution in [3.8, 4) is 0 Å². The molecule has 1 aromatic heterocycles. The van der Waals surface area contributed by atoms with Crippen molar-refractivity contribution in [3.05, 3.63) is 70.3 Å². The van der Waals surface area contributed by atoms with Crippen molar-refractivity contribution in [2.75, 3.05) is 19.4 Å². The highest BCUT2D eigenvalue weighted by Crippen LogP contribution is 2.19. The Bertz CT molecular complexity index is 1180. The van der Waals surface area contributed by atoms with Crippen molar-refractivity contribution >= 4 is 34.5 Å². The number of thioether (sulfide) groups is 1. The van der Waals surface area contributed by atoms with Crippen LogP contribution in [0.3, 0.4) is 0 Å². The summed E-state index contributed by atoms with van der Waals surface area (Å²) in [5, 5.41) is 0.794. The van der Waals surface area contributed by atoms with Crippen LogP contribution in [0.15, 0.2) is 58.5 Å². The average molecular weight is 458 g/mol. The number of ether oxygens (including phenoxy) is 1. The maximum Gasteiger partial charge on any atom is 0.307 e. The lowest BCUT2D eigenvalue weighted by atomic mass is 10.2. The van der Waals surface area contributed by atoms with E-state index in [9.17, 15) is 18.8 Å². The van der Waals surface area contributed by atoms with Crippen LogP contribution < -0.4 is 5.56 Å². The van der Waals surface area contributed by atoms with Gasteiger partial charge in [-0.05, 0) is 36.8 Å². The van der Waals surface area contributed by atoms with E-state index in [1.807, 2.05) is 6.92 Å². The molecule has 3 rings (SSSR count). The molecule has 0 aliphatic rings. The predicted molar refractivity (Wildman–Crippen MR) is 121 cm³/mol. The molecule has 32 heavy (non-hydrogen) atoms. The number of halogens is 1. The smallest absolute Gasteiger partial charge is 0.307 e.